The van der Waals surface area contributed by atoms with Gasteiger partial charge in [-0.25, -0.2) is 4.79 Å². The molecule has 0 aliphatic heterocycles. The number of carboxylic acid groups (broad SMARTS) is 1. The number of nitrogens with one attached hydrogen (secondary N) is 1. The molecule has 0 radical (unpaired) electrons. The maximum absolute atomic E-state index is 12.0. The number of nitrogens with zero attached hydrogens (tertiary/aromatic N) is 1. The first-order valence-electron chi connectivity index (χ1n) is 6.21. The summed E-state index contributed by atoms with van der Waals surface area (Å²) in [4.78, 5) is 35.1. The van der Waals surface area contributed by atoms with Crippen molar-refractivity contribution in [3.8, 4) is 0 Å². The number of carbonyl (C=O) groups excluding carboxylic acids is 2. The number of nitrogens with two attached hydrogens (primary N) is 1. The first-order chi connectivity index (χ1) is 8.65. The van der Waals surface area contributed by atoms with E-state index in [-0.39, 0.29) is 11.8 Å². The Labute approximate surface area is 113 Å². The molecule has 1 atom stereocenters. The van der Waals surface area contributed by atoms with Crippen molar-refractivity contribution < 1.29 is 19.5 Å². The number of amides is 3. The van der Waals surface area contributed by atoms with Gasteiger partial charge in [0.15, 0.2) is 0 Å². The molecule has 0 saturated carbocycles. The van der Waals surface area contributed by atoms with Gasteiger partial charge in [0.25, 0.3) is 0 Å². The van der Waals surface area contributed by atoms with Crippen molar-refractivity contribution in [3.63, 3.8) is 0 Å². The molecule has 0 aromatic rings. The molecule has 4 N–H and O–H groups in total. The Kier molecular flexibility index (Phi) is 6.89. The van der Waals surface area contributed by atoms with Crippen LogP contribution in [0, 0.1) is 11.8 Å². The summed E-state index contributed by atoms with van der Waals surface area (Å²) in [7, 11) is 0. The molecular formula is C12H23N3O4. The SMILES string of the molecule is CC(C)CN(CC(=O)O)C(=O)NC(C(N)=O)C(C)C. The van der Waals surface area contributed by atoms with Crippen molar-refractivity contribution in [1.29, 1.82) is 0 Å². The third-order valence-electron chi connectivity index (χ3n) is 2.45. The summed E-state index contributed by atoms with van der Waals surface area (Å²) in [6.07, 6.45) is 0. The number of aliphatic carboxylic acids is 1. The van der Waals surface area contributed by atoms with Crippen LogP contribution in [0.15, 0.2) is 0 Å². The average Bonchev–Trinajstić information content (AvgIpc) is 2.22. The first-order valence-corrected chi connectivity index (χ1v) is 6.21. The molecule has 0 aromatic heterocycles. The molecule has 0 bridgehead atoms. The maximum Gasteiger partial charge on any atom is 0.323 e. The minimum atomic E-state index is -1.10. The molecule has 0 aromatic carbocycles. The normalized spacial score (nSPS) is 12.3. The van der Waals surface area contributed by atoms with Gasteiger partial charge in [-0.05, 0) is 11.8 Å². The molecule has 19 heavy (non-hydrogen) atoms. The summed E-state index contributed by atoms with van der Waals surface area (Å²) >= 11 is 0. The molecule has 7 nitrogen and oxygen atoms in total. The maximum atomic E-state index is 12.0. The highest BCUT2D eigenvalue weighted by atomic mass is 16.4. The van der Waals surface area contributed by atoms with Crippen LogP contribution < -0.4 is 11.1 Å². The fraction of sp³-hybridized carbons (Fsp3) is 0.750. The van der Waals surface area contributed by atoms with Crippen LogP contribution in [-0.2, 0) is 9.59 Å². The molecular weight excluding hydrogens is 250 g/mol. The van der Waals surface area contributed by atoms with E-state index >= 15 is 0 Å². The lowest BCUT2D eigenvalue weighted by atomic mass is 10.0. The van der Waals surface area contributed by atoms with Gasteiger partial charge in [-0.1, -0.05) is 27.7 Å². The molecule has 0 aliphatic carbocycles. The predicted molar refractivity (Wildman–Crippen MR) is 70.4 cm³/mol. The lowest BCUT2D eigenvalue weighted by molar-refractivity contribution is -0.137. The fourth-order valence-corrected chi connectivity index (χ4v) is 1.61. The van der Waals surface area contributed by atoms with Crippen molar-refractivity contribution >= 4 is 17.9 Å². The Hall–Kier alpha value is -1.79. The molecule has 3 amide bonds. The summed E-state index contributed by atoms with van der Waals surface area (Å²) in [6.45, 7) is 7.13. The van der Waals surface area contributed by atoms with Crippen LogP contribution in [0.5, 0.6) is 0 Å². The van der Waals surface area contributed by atoms with Crippen LogP contribution >= 0.6 is 0 Å². The van der Waals surface area contributed by atoms with E-state index in [9.17, 15) is 14.4 Å². The number of hydrogen-bond donors (Lipinski definition) is 3. The van der Waals surface area contributed by atoms with Gasteiger partial charge >= 0.3 is 12.0 Å². The van der Waals surface area contributed by atoms with Gasteiger partial charge in [-0.15, -0.1) is 0 Å². The van der Waals surface area contributed by atoms with E-state index in [0.717, 1.165) is 4.90 Å². The van der Waals surface area contributed by atoms with Gasteiger partial charge in [0.1, 0.15) is 12.6 Å². The van der Waals surface area contributed by atoms with E-state index < -0.39 is 30.5 Å². The number of hydrogen-bond acceptors (Lipinski definition) is 3. The smallest absolute Gasteiger partial charge is 0.323 e. The van der Waals surface area contributed by atoms with E-state index in [4.69, 9.17) is 10.8 Å². The zero-order chi connectivity index (χ0) is 15.2. The fourth-order valence-electron chi connectivity index (χ4n) is 1.61. The largest absolute Gasteiger partial charge is 0.480 e. The highest BCUT2D eigenvalue weighted by molar-refractivity contribution is 5.87. The molecule has 7 heteroatoms. The second kappa shape index (κ2) is 7.60. The van der Waals surface area contributed by atoms with E-state index in [0.29, 0.717) is 6.54 Å². The molecule has 0 heterocycles. The summed E-state index contributed by atoms with van der Waals surface area (Å²) in [5.41, 5.74) is 5.20. The Balaban J connectivity index is 4.78. The Morgan fingerprint density at radius 1 is 1.21 bits per heavy atom. The van der Waals surface area contributed by atoms with Gasteiger partial charge in [0.05, 0.1) is 0 Å². The van der Waals surface area contributed by atoms with Gasteiger partial charge in [-0.3, -0.25) is 9.59 Å². The van der Waals surface area contributed by atoms with E-state index in [1.165, 1.54) is 0 Å². The highest BCUT2D eigenvalue weighted by Crippen LogP contribution is 2.04. The van der Waals surface area contributed by atoms with E-state index in [1.807, 2.05) is 13.8 Å². The van der Waals surface area contributed by atoms with E-state index in [2.05, 4.69) is 5.32 Å². The topological polar surface area (TPSA) is 113 Å². The van der Waals surface area contributed by atoms with E-state index in [1.54, 1.807) is 13.8 Å². The van der Waals surface area contributed by atoms with Crippen LogP contribution in [-0.4, -0.2) is 47.0 Å². The van der Waals surface area contributed by atoms with Crippen LogP contribution in [0.1, 0.15) is 27.7 Å². The quantitative estimate of drug-likeness (QED) is 0.617. The molecule has 0 saturated heterocycles. The average molecular weight is 273 g/mol. The zero-order valence-corrected chi connectivity index (χ0v) is 11.8. The standard InChI is InChI=1S/C12H23N3O4/c1-7(2)5-15(6-9(16)17)12(19)14-10(8(3)4)11(13)18/h7-8,10H,5-6H2,1-4H3,(H2,13,18)(H,14,19)(H,16,17). The molecule has 0 spiro atoms. The second-order valence-electron chi connectivity index (χ2n) is 5.24. The Bertz CT molecular complexity index is 342. The summed E-state index contributed by atoms with van der Waals surface area (Å²) < 4.78 is 0. The molecule has 0 rings (SSSR count). The minimum Gasteiger partial charge on any atom is -0.480 e. The van der Waals surface area contributed by atoms with Gasteiger partial charge in [0.2, 0.25) is 5.91 Å². The minimum absolute atomic E-state index is 0.121. The highest BCUT2D eigenvalue weighted by Gasteiger charge is 2.25. The third-order valence-corrected chi connectivity index (χ3v) is 2.45. The van der Waals surface area contributed by atoms with Crippen LogP contribution in [0.4, 0.5) is 4.79 Å². The second-order valence-corrected chi connectivity index (χ2v) is 5.24. The number of urea groups is 1. The van der Waals surface area contributed by atoms with Crippen LogP contribution in [0.3, 0.4) is 0 Å². The number of carbonyl (C=O) groups is 3. The predicted octanol–water partition coefficient (Wildman–Crippen LogP) is 0.249. The van der Waals surface area contributed by atoms with Crippen molar-refractivity contribution in [2.45, 2.75) is 33.7 Å². The number of carboxylic acids is 1. The molecule has 0 aliphatic rings. The van der Waals surface area contributed by atoms with Gasteiger partial charge in [0, 0.05) is 6.54 Å². The van der Waals surface area contributed by atoms with Crippen LogP contribution in [0.2, 0.25) is 0 Å². The van der Waals surface area contributed by atoms with Crippen molar-refractivity contribution in [2.75, 3.05) is 13.1 Å². The van der Waals surface area contributed by atoms with Crippen molar-refractivity contribution in [1.82, 2.24) is 10.2 Å². The lowest BCUT2D eigenvalue weighted by Crippen LogP contribution is -2.53. The zero-order valence-electron chi connectivity index (χ0n) is 11.8. The summed E-state index contributed by atoms with van der Waals surface area (Å²) in [6, 6.07) is -1.40. The monoisotopic (exact) mass is 273 g/mol. The lowest BCUT2D eigenvalue weighted by Gasteiger charge is -2.26. The van der Waals surface area contributed by atoms with Crippen LogP contribution in [0.25, 0.3) is 0 Å². The van der Waals surface area contributed by atoms with Crippen molar-refractivity contribution in [2.24, 2.45) is 17.6 Å². The summed E-state index contributed by atoms with van der Waals surface area (Å²) in [5, 5.41) is 11.3. The number of primary amides is 1. The van der Waals surface area contributed by atoms with Gasteiger partial charge < -0.3 is 21.1 Å². The Morgan fingerprint density at radius 2 is 1.74 bits per heavy atom. The Morgan fingerprint density at radius 3 is 2.05 bits per heavy atom. The number of rotatable bonds is 7. The third kappa shape index (κ3) is 6.64. The van der Waals surface area contributed by atoms with Gasteiger partial charge in [-0.2, -0.15) is 0 Å². The summed E-state index contributed by atoms with van der Waals surface area (Å²) in [5.74, 6) is -1.78. The molecule has 110 valence electrons. The molecule has 1 unspecified atom stereocenters. The van der Waals surface area contributed by atoms with Crippen molar-refractivity contribution in [3.05, 3.63) is 0 Å². The molecule has 0 fully saturated rings. The first kappa shape index (κ1) is 17.2.